The molecule has 2 aromatic carbocycles. The molecule has 2 rings (SSSR count). The van der Waals surface area contributed by atoms with Crippen molar-refractivity contribution in [3.05, 3.63) is 51.8 Å². The van der Waals surface area contributed by atoms with Crippen molar-refractivity contribution in [2.45, 2.75) is 0 Å². The van der Waals surface area contributed by atoms with Gasteiger partial charge >= 0.3 is 0 Å². The maximum atomic E-state index is 13.1. The van der Waals surface area contributed by atoms with E-state index in [0.29, 0.717) is 5.75 Å². The number of benzene rings is 2. The number of aromatic hydroxyl groups is 1. The van der Waals surface area contributed by atoms with Crippen LogP contribution in [0.25, 0.3) is 0 Å². The lowest BCUT2D eigenvalue weighted by Crippen LogP contribution is -2.13. The molecule has 0 spiro atoms. The lowest BCUT2D eigenvalue weighted by Gasteiger charge is -2.11. The highest BCUT2D eigenvalue weighted by atomic mass is 35.5. The van der Waals surface area contributed by atoms with Crippen molar-refractivity contribution in [3.63, 3.8) is 0 Å². The zero-order valence-electron chi connectivity index (χ0n) is 10.8. The summed E-state index contributed by atoms with van der Waals surface area (Å²) in [5.74, 6) is -1.11. The van der Waals surface area contributed by atoms with Crippen LogP contribution in [0.1, 0.15) is 10.4 Å². The van der Waals surface area contributed by atoms with E-state index in [0.717, 1.165) is 12.1 Å². The fourth-order valence-electron chi connectivity index (χ4n) is 1.67. The molecule has 0 bridgehead atoms. The highest BCUT2D eigenvalue weighted by Gasteiger charge is 2.16. The van der Waals surface area contributed by atoms with Crippen LogP contribution in [0.4, 0.5) is 10.1 Å². The number of carbonyl (C=O) groups excluding carboxylic acids is 1. The Morgan fingerprint density at radius 1 is 1.24 bits per heavy atom. The molecule has 4 nitrogen and oxygen atoms in total. The molecule has 0 aromatic heterocycles. The smallest absolute Gasteiger partial charge is 0.259 e. The van der Waals surface area contributed by atoms with Crippen molar-refractivity contribution in [1.82, 2.24) is 0 Å². The van der Waals surface area contributed by atoms with E-state index >= 15 is 0 Å². The summed E-state index contributed by atoms with van der Waals surface area (Å²) in [6, 6.07) is 6.23. The van der Waals surface area contributed by atoms with Crippen molar-refractivity contribution < 1.29 is 19.0 Å². The molecule has 0 radical (unpaired) electrons. The van der Waals surface area contributed by atoms with Gasteiger partial charge in [0.15, 0.2) is 0 Å². The molecule has 0 aliphatic heterocycles. The zero-order valence-corrected chi connectivity index (χ0v) is 12.3. The van der Waals surface area contributed by atoms with Crippen LogP contribution < -0.4 is 10.1 Å². The molecule has 0 fully saturated rings. The number of hydrogen-bond acceptors (Lipinski definition) is 3. The number of hydrogen-bond donors (Lipinski definition) is 2. The van der Waals surface area contributed by atoms with E-state index in [-0.39, 0.29) is 27.0 Å². The van der Waals surface area contributed by atoms with Gasteiger partial charge in [-0.3, -0.25) is 4.79 Å². The normalized spacial score (nSPS) is 10.3. The Labute approximate surface area is 130 Å². The van der Waals surface area contributed by atoms with Crippen LogP contribution >= 0.6 is 23.2 Å². The average molecular weight is 330 g/mol. The summed E-state index contributed by atoms with van der Waals surface area (Å²) in [6.45, 7) is 0. The van der Waals surface area contributed by atoms with Gasteiger partial charge in [0.1, 0.15) is 17.3 Å². The van der Waals surface area contributed by atoms with Gasteiger partial charge in [-0.1, -0.05) is 23.2 Å². The second kappa shape index (κ2) is 6.20. The number of carbonyl (C=O) groups is 1. The third-order valence-electron chi connectivity index (χ3n) is 2.69. The number of phenols is 1. The highest BCUT2D eigenvalue weighted by molar-refractivity contribution is 6.40. The molecule has 0 atom stereocenters. The minimum Gasteiger partial charge on any atom is -0.507 e. The first-order chi connectivity index (χ1) is 9.92. The Hall–Kier alpha value is -1.98. The predicted molar refractivity (Wildman–Crippen MR) is 79.0 cm³/mol. The van der Waals surface area contributed by atoms with E-state index < -0.39 is 11.7 Å². The van der Waals surface area contributed by atoms with Crippen molar-refractivity contribution >= 4 is 34.8 Å². The zero-order chi connectivity index (χ0) is 15.6. The molecule has 110 valence electrons. The van der Waals surface area contributed by atoms with Gasteiger partial charge in [-0.25, -0.2) is 4.39 Å². The largest absolute Gasteiger partial charge is 0.507 e. The van der Waals surface area contributed by atoms with Gasteiger partial charge in [0, 0.05) is 0 Å². The SMILES string of the molecule is COc1ccc(O)c(C(=O)Nc2c(Cl)cc(F)cc2Cl)c1. The lowest BCUT2D eigenvalue weighted by atomic mass is 10.1. The minimum atomic E-state index is -0.651. The van der Waals surface area contributed by atoms with Gasteiger partial charge in [0.25, 0.3) is 5.91 Å². The predicted octanol–water partition coefficient (Wildman–Crippen LogP) is 4.10. The highest BCUT2D eigenvalue weighted by Crippen LogP contribution is 2.32. The molecule has 21 heavy (non-hydrogen) atoms. The Balaban J connectivity index is 2.35. The molecule has 1 amide bonds. The summed E-state index contributed by atoms with van der Waals surface area (Å²) < 4.78 is 18.1. The fraction of sp³-hybridized carbons (Fsp3) is 0.0714. The first-order valence-electron chi connectivity index (χ1n) is 5.75. The number of rotatable bonds is 3. The Kier molecular flexibility index (Phi) is 4.55. The molecule has 2 aromatic rings. The van der Waals surface area contributed by atoms with Crippen LogP contribution in [0.5, 0.6) is 11.5 Å². The molecule has 0 saturated heterocycles. The van der Waals surface area contributed by atoms with Gasteiger partial charge in [-0.05, 0) is 30.3 Å². The number of ether oxygens (including phenoxy) is 1. The summed E-state index contributed by atoms with van der Waals surface area (Å²) in [5, 5.41) is 12.1. The van der Waals surface area contributed by atoms with Crippen molar-refractivity contribution in [1.29, 1.82) is 0 Å². The summed E-state index contributed by atoms with van der Waals surface area (Å²) in [6.07, 6.45) is 0. The number of anilines is 1. The van der Waals surface area contributed by atoms with Crippen LogP contribution in [-0.2, 0) is 0 Å². The maximum absolute atomic E-state index is 13.1. The average Bonchev–Trinajstić information content (AvgIpc) is 2.43. The van der Waals surface area contributed by atoms with E-state index in [1.165, 1.54) is 25.3 Å². The molecular weight excluding hydrogens is 320 g/mol. The summed E-state index contributed by atoms with van der Waals surface area (Å²) >= 11 is 11.7. The first-order valence-corrected chi connectivity index (χ1v) is 6.51. The number of halogens is 3. The van der Waals surface area contributed by atoms with Gasteiger partial charge in [-0.15, -0.1) is 0 Å². The Morgan fingerprint density at radius 3 is 2.43 bits per heavy atom. The second-order valence-electron chi connectivity index (χ2n) is 4.08. The third kappa shape index (κ3) is 3.37. The van der Waals surface area contributed by atoms with Crippen molar-refractivity contribution in [2.24, 2.45) is 0 Å². The van der Waals surface area contributed by atoms with Gasteiger partial charge in [0.05, 0.1) is 28.4 Å². The van der Waals surface area contributed by atoms with Crippen molar-refractivity contribution in [3.8, 4) is 11.5 Å². The summed E-state index contributed by atoms with van der Waals surface area (Å²) in [4.78, 5) is 12.2. The lowest BCUT2D eigenvalue weighted by molar-refractivity contribution is 0.102. The quantitative estimate of drug-likeness (QED) is 0.891. The minimum absolute atomic E-state index is 0.0224. The summed E-state index contributed by atoms with van der Waals surface area (Å²) in [7, 11) is 1.43. The van der Waals surface area contributed by atoms with Gasteiger partial charge in [0.2, 0.25) is 0 Å². The number of phenolic OH excluding ortho intramolecular Hbond substituents is 1. The number of methoxy groups -OCH3 is 1. The van der Waals surface area contributed by atoms with Crippen LogP contribution in [0.2, 0.25) is 10.0 Å². The molecule has 0 aliphatic rings. The number of nitrogens with one attached hydrogen (secondary N) is 1. The molecule has 2 N–H and O–H groups in total. The molecular formula is C14H10Cl2FNO3. The fourth-order valence-corrected chi connectivity index (χ4v) is 2.22. The van der Waals surface area contributed by atoms with E-state index in [9.17, 15) is 14.3 Å². The monoisotopic (exact) mass is 329 g/mol. The van der Waals surface area contributed by atoms with E-state index in [1.807, 2.05) is 0 Å². The first kappa shape index (κ1) is 15.4. The van der Waals surface area contributed by atoms with Crippen LogP contribution in [-0.4, -0.2) is 18.1 Å². The molecule has 7 heteroatoms. The van der Waals surface area contributed by atoms with E-state index in [1.54, 1.807) is 0 Å². The van der Waals surface area contributed by atoms with E-state index in [4.69, 9.17) is 27.9 Å². The van der Waals surface area contributed by atoms with Gasteiger partial charge in [-0.2, -0.15) is 0 Å². The van der Waals surface area contributed by atoms with Crippen LogP contribution in [0.3, 0.4) is 0 Å². The molecule has 0 saturated carbocycles. The van der Waals surface area contributed by atoms with Gasteiger partial charge < -0.3 is 15.2 Å². The molecule has 0 unspecified atom stereocenters. The van der Waals surface area contributed by atoms with E-state index in [2.05, 4.69) is 5.32 Å². The van der Waals surface area contributed by atoms with Crippen molar-refractivity contribution in [2.75, 3.05) is 12.4 Å². The topological polar surface area (TPSA) is 58.6 Å². The van der Waals surface area contributed by atoms with Crippen LogP contribution in [0, 0.1) is 5.82 Å². The molecule has 0 aliphatic carbocycles. The van der Waals surface area contributed by atoms with Crippen LogP contribution in [0.15, 0.2) is 30.3 Å². The molecule has 0 heterocycles. The third-order valence-corrected chi connectivity index (χ3v) is 3.29. The Bertz CT molecular complexity index is 684. The summed E-state index contributed by atoms with van der Waals surface area (Å²) in [5.41, 5.74) is 0.0396. The standard InChI is InChI=1S/C14H10Cl2FNO3/c1-21-8-2-3-12(19)9(6-8)14(20)18-13-10(15)4-7(17)5-11(13)16/h2-6,19H,1H3,(H,18,20). The maximum Gasteiger partial charge on any atom is 0.259 e. The Morgan fingerprint density at radius 2 is 1.86 bits per heavy atom. The number of amides is 1. The second-order valence-corrected chi connectivity index (χ2v) is 4.90.